The predicted molar refractivity (Wildman–Crippen MR) is 64.1 cm³/mol. The van der Waals surface area contributed by atoms with Crippen LogP contribution < -0.4 is 0 Å². The Morgan fingerprint density at radius 1 is 1.20 bits per heavy atom. The van der Waals surface area contributed by atoms with Crippen molar-refractivity contribution in [1.82, 2.24) is 0 Å². The van der Waals surface area contributed by atoms with Gasteiger partial charge in [0.15, 0.2) is 0 Å². The van der Waals surface area contributed by atoms with Crippen molar-refractivity contribution in [2.75, 3.05) is 0 Å². The normalized spacial score (nSPS) is 31.7. The summed E-state index contributed by atoms with van der Waals surface area (Å²) in [6, 6.07) is 9.06. The first-order valence-electron chi connectivity index (χ1n) is 6.00. The minimum Gasteiger partial charge on any atom is -0.100 e. The van der Waals surface area contributed by atoms with Crippen molar-refractivity contribution in [2.24, 2.45) is 5.92 Å². The molecule has 2 aliphatic rings. The average molecular weight is 198 g/mol. The van der Waals surface area contributed by atoms with E-state index in [4.69, 9.17) is 0 Å². The Morgan fingerprint density at radius 2 is 1.73 bits per heavy atom. The fourth-order valence-electron chi connectivity index (χ4n) is 3.71. The molecular weight excluding hydrogens is 180 g/mol. The zero-order valence-electron chi connectivity index (χ0n) is 9.37. The molecule has 2 bridgehead atoms. The van der Waals surface area contributed by atoms with Gasteiger partial charge < -0.3 is 0 Å². The Balaban J connectivity index is 1.98. The third-order valence-electron chi connectivity index (χ3n) is 4.20. The van der Waals surface area contributed by atoms with E-state index in [1.54, 1.807) is 11.1 Å². The third-order valence-corrected chi connectivity index (χ3v) is 4.20. The molecule has 0 aliphatic heterocycles. The summed E-state index contributed by atoms with van der Waals surface area (Å²) in [5.74, 6) is 2.53. The average Bonchev–Trinajstić information content (AvgIpc) is 2.74. The summed E-state index contributed by atoms with van der Waals surface area (Å²) in [5, 5.41) is 0. The summed E-state index contributed by atoms with van der Waals surface area (Å²) in [6.45, 7) is 6.25. The standard InChI is InChI=1S/C15H18/c1-10(2)9-15-13-7-8-14(15)12-6-4-3-5-11(12)13/h3-6,13-15H,1,7-9H2,2H3. The van der Waals surface area contributed by atoms with Gasteiger partial charge in [-0.2, -0.15) is 0 Å². The van der Waals surface area contributed by atoms with Crippen LogP contribution in [0.4, 0.5) is 0 Å². The number of hydrogen-bond acceptors (Lipinski definition) is 0. The molecule has 15 heavy (non-hydrogen) atoms. The second kappa shape index (κ2) is 3.23. The van der Waals surface area contributed by atoms with Crippen LogP contribution in [0.25, 0.3) is 0 Å². The Bertz CT molecular complexity index is 371. The minimum absolute atomic E-state index is 0.836. The zero-order valence-corrected chi connectivity index (χ0v) is 9.37. The van der Waals surface area contributed by atoms with Gasteiger partial charge in [0.25, 0.3) is 0 Å². The van der Waals surface area contributed by atoms with Gasteiger partial charge >= 0.3 is 0 Å². The van der Waals surface area contributed by atoms with Gasteiger partial charge in [-0.1, -0.05) is 29.8 Å². The maximum absolute atomic E-state index is 4.08. The molecule has 1 aromatic rings. The molecule has 2 atom stereocenters. The number of rotatable bonds is 2. The van der Waals surface area contributed by atoms with Crippen LogP contribution in [0.1, 0.15) is 49.1 Å². The molecule has 0 spiro atoms. The monoisotopic (exact) mass is 198 g/mol. The highest BCUT2D eigenvalue weighted by atomic mass is 14.5. The highest BCUT2D eigenvalue weighted by Gasteiger charge is 2.44. The first kappa shape index (κ1) is 9.21. The van der Waals surface area contributed by atoms with Gasteiger partial charge in [0.2, 0.25) is 0 Å². The molecule has 0 radical (unpaired) electrons. The fraction of sp³-hybridized carbons (Fsp3) is 0.467. The maximum Gasteiger partial charge on any atom is -0.0122 e. The molecule has 78 valence electrons. The molecule has 0 heteroatoms. The largest absolute Gasteiger partial charge is 0.100 e. The molecule has 2 aliphatic carbocycles. The summed E-state index contributed by atoms with van der Waals surface area (Å²) in [4.78, 5) is 0. The van der Waals surface area contributed by atoms with Crippen LogP contribution in [0, 0.1) is 5.92 Å². The summed E-state index contributed by atoms with van der Waals surface area (Å²) in [6.07, 6.45) is 4.03. The molecule has 1 fully saturated rings. The Hall–Kier alpha value is -1.04. The van der Waals surface area contributed by atoms with Gasteiger partial charge in [-0.3, -0.25) is 0 Å². The highest BCUT2D eigenvalue weighted by molar-refractivity contribution is 5.43. The van der Waals surface area contributed by atoms with Crippen LogP contribution in [0.15, 0.2) is 36.4 Å². The first-order chi connectivity index (χ1) is 7.27. The molecule has 3 rings (SSSR count). The van der Waals surface area contributed by atoms with E-state index in [1.807, 2.05) is 0 Å². The lowest BCUT2D eigenvalue weighted by atomic mass is 9.89. The highest BCUT2D eigenvalue weighted by Crippen LogP contribution is 2.58. The third kappa shape index (κ3) is 1.27. The molecule has 0 saturated heterocycles. The summed E-state index contributed by atoms with van der Waals surface area (Å²) in [7, 11) is 0. The number of fused-ring (bicyclic) bond motifs is 5. The van der Waals surface area contributed by atoms with Crippen LogP contribution in [0.3, 0.4) is 0 Å². The number of benzene rings is 1. The lowest BCUT2D eigenvalue weighted by molar-refractivity contribution is 0.477. The van der Waals surface area contributed by atoms with Gasteiger partial charge in [0, 0.05) is 0 Å². The zero-order chi connectivity index (χ0) is 10.4. The topological polar surface area (TPSA) is 0 Å². The van der Waals surface area contributed by atoms with E-state index in [9.17, 15) is 0 Å². The van der Waals surface area contributed by atoms with Crippen LogP contribution in [-0.2, 0) is 0 Å². The molecular formula is C15H18. The van der Waals surface area contributed by atoms with Crippen molar-refractivity contribution in [3.63, 3.8) is 0 Å². The van der Waals surface area contributed by atoms with Crippen molar-refractivity contribution in [1.29, 1.82) is 0 Å². The molecule has 1 aromatic carbocycles. The first-order valence-corrected chi connectivity index (χ1v) is 6.00. The van der Waals surface area contributed by atoms with E-state index < -0.39 is 0 Å². The summed E-state index contributed by atoms with van der Waals surface area (Å²) < 4.78 is 0. The fourth-order valence-corrected chi connectivity index (χ4v) is 3.71. The second-order valence-corrected chi connectivity index (χ2v) is 5.24. The van der Waals surface area contributed by atoms with Crippen LogP contribution in [0.2, 0.25) is 0 Å². The Kier molecular flexibility index (Phi) is 1.98. The van der Waals surface area contributed by atoms with Gasteiger partial charge in [-0.25, -0.2) is 0 Å². The second-order valence-electron chi connectivity index (χ2n) is 5.24. The van der Waals surface area contributed by atoms with E-state index in [-0.39, 0.29) is 0 Å². The lowest BCUT2D eigenvalue weighted by Crippen LogP contribution is -2.03. The SMILES string of the molecule is C=C(C)CC1C2CCC1c1ccccc12. The summed E-state index contributed by atoms with van der Waals surface area (Å²) >= 11 is 0. The molecule has 0 nitrogen and oxygen atoms in total. The van der Waals surface area contributed by atoms with Gasteiger partial charge in [-0.15, -0.1) is 6.58 Å². The van der Waals surface area contributed by atoms with Crippen molar-refractivity contribution in [3.05, 3.63) is 47.5 Å². The number of allylic oxidation sites excluding steroid dienone is 1. The van der Waals surface area contributed by atoms with Gasteiger partial charge in [0.1, 0.15) is 0 Å². The minimum atomic E-state index is 0.836. The van der Waals surface area contributed by atoms with Crippen molar-refractivity contribution >= 4 is 0 Å². The smallest absolute Gasteiger partial charge is 0.0122 e. The van der Waals surface area contributed by atoms with E-state index in [0.29, 0.717) is 0 Å². The van der Waals surface area contributed by atoms with Crippen LogP contribution in [0.5, 0.6) is 0 Å². The van der Waals surface area contributed by atoms with Gasteiger partial charge in [-0.05, 0) is 55.1 Å². The molecule has 0 heterocycles. The lowest BCUT2D eigenvalue weighted by Gasteiger charge is -2.15. The Labute approximate surface area is 92.0 Å². The Morgan fingerprint density at radius 3 is 2.20 bits per heavy atom. The van der Waals surface area contributed by atoms with E-state index in [2.05, 4.69) is 37.8 Å². The van der Waals surface area contributed by atoms with E-state index >= 15 is 0 Å². The van der Waals surface area contributed by atoms with Crippen molar-refractivity contribution < 1.29 is 0 Å². The molecule has 2 unspecified atom stereocenters. The van der Waals surface area contributed by atoms with Gasteiger partial charge in [0.05, 0.1) is 0 Å². The maximum atomic E-state index is 4.08. The molecule has 0 aromatic heterocycles. The predicted octanol–water partition coefficient (Wildman–Crippen LogP) is 4.24. The molecule has 1 saturated carbocycles. The van der Waals surface area contributed by atoms with E-state index in [0.717, 1.165) is 17.8 Å². The molecule has 0 N–H and O–H groups in total. The molecule has 0 amide bonds. The van der Waals surface area contributed by atoms with Crippen LogP contribution in [-0.4, -0.2) is 0 Å². The van der Waals surface area contributed by atoms with Crippen LogP contribution >= 0.6 is 0 Å². The van der Waals surface area contributed by atoms with Crippen molar-refractivity contribution in [3.8, 4) is 0 Å². The van der Waals surface area contributed by atoms with E-state index in [1.165, 1.54) is 24.8 Å². The van der Waals surface area contributed by atoms with Crippen molar-refractivity contribution in [2.45, 2.75) is 38.0 Å². The number of hydrogen-bond donors (Lipinski definition) is 0. The summed E-state index contributed by atoms with van der Waals surface area (Å²) in [5.41, 5.74) is 4.63. The quantitative estimate of drug-likeness (QED) is 0.623.